The molecule has 2 N–H and O–H groups in total. The molecular weight excluding hydrogens is 327 g/mol. The number of aliphatic hydroxyl groups is 1. The molecule has 0 saturated heterocycles. The first-order chi connectivity index (χ1) is 10.4. The molecule has 0 radical (unpaired) electrons. The number of amides is 1. The molecule has 22 heavy (non-hydrogen) atoms. The van der Waals surface area contributed by atoms with Gasteiger partial charge in [0.05, 0.1) is 17.1 Å². The van der Waals surface area contributed by atoms with E-state index < -0.39 is 23.7 Å². The summed E-state index contributed by atoms with van der Waals surface area (Å²) in [6.07, 6.45) is 1.01. The molecule has 0 saturated carbocycles. The van der Waals surface area contributed by atoms with E-state index in [2.05, 4.69) is 10.3 Å². The Kier molecular flexibility index (Phi) is 3.64. The number of halogens is 2. The fraction of sp³-hybridized carbons (Fsp3) is 0.133. The molecule has 1 aromatic heterocycles. The lowest BCUT2D eigenvalue weighted by atomic mass is 9.89. The molecule has 1 unspecified atom stereocenters. The van der Waals surface area contributed by atoms with E-state index in [1.54, 1.807) is 12.1 Å². The van der Waals surface area contributed by atoms with Gasteiger partial charge >= 0.3 is 0 Å². The van der Waals surface area contributed by atoms with Crippen molar-refractivity contribution < 1.29 is 14.7 Å². The number of carbonyl (C=O) groups is 2. The topological polar surface area (TPSA) is 79.3 Å². The zero-order chi connectivity index (χ0) is 15.9. The van der Waals surface area contributed by atoms with E-state index in [0.717, 1.165) is 0 Å². The van der Waals surface area contributed by atoms with Crippen molar-refractivity contribution in [3.8, 4) is 0 Å². The number of pyridine rings is 1. The molecule has 2 aromatic rings. The van der Waals surface area contributed by atoms with Gasteiger partial charge in [-0.05, 0) is 24.3 Å². The van der Waals surface area contributed by atoms with Gasteiger partial charge in [0.25, 0.3) is 5.91 Å². The third kappa shape index (κ3) is 2.37. The third-order valence-corrected chi connectivity index (χ3v) is 3.98. The molecule has 0 fully saturated rings. The van der Waals surface area contributed by atoms with Crippen LogP contribution in [0.1, 0.15) is 22.5 Å². The Labute approximate surface area is 135 Å². The van der Waals surface area contributed by atoms with Gasteiger partial charge in [-0.2, -0.15) is 0 Å². The lowest BCUT2D eigenvalue weighted by Gasteiger charge is -2.20. The number of nitrogens with one attached hydrogen (secondary N) is 1. The number of ketones is 1. The van der Waals surface area contributed by atoms with Crippen LogP contribution >= 0.6 is 23.2 Å². The predicted octanol–water partition coefficient (Wildman–Crippen LogP) is 2.80. The quantitative estimate of drug-likeness (QED) is 0.844. The highest BCUT2D eigenvalue weighted by atomic mass is 35.5. The minimum Gasteiger partial charge on any atom is -0.375 e. The SMILES string of the molecule is O=C(CC1(O)C(=O)Nc2cc(Cl)cc(Cl)c21)c1ccccn1. The van der Waals surface area contributed by atoms with Gasteiger partial charge in [0.1, 0.15) is 5.69 Å². The number of carbonyl (C=O) groups excluding carboxylic acids is 2. The molecule has 5 nitrogen and oxygen atoms in total. The van der Waals surface area contributed by atoms with Crippen LogP contribution in [0, 0.1) is 0 Å². The van der Waals surface area contributed by atoms with Crippen LogP contribution in [-0.2, 0) is 10.4 Å². The zero-order valence-electron chi connectivity index (χ0n) is 11.1. The third-order valence-electron chi connectivity index (χ3n) is 3.46. The first-order valence-electron chi connectivity index (χ1n) is 6.39. The minimum absolute atomic E-state index is 0.122. The van der Waals surface area contributed by atoms with Crippen LogP contribution in [0.3, 0.4) is 0 Å². The minimum atomic E-state index is -2.04. The highest BCUT2D eigenvalue weighted by Gasteiger charge is 2.48. The van der Waals surface area contributed by atoms with E-state index in [0.29, 0.717) is 10.7 Å². The summed E-state index contributed by atoms with van der Waals surface area (Å²) in [5.41, 5.74) is -1.40. The van der Waals surface area contributed by atoms with E-state index in [9.17, 15) is 14.7 Å². The van der Waals surface area contributed by atoms with E-state index >= 15 is 0 Å². The number of aromatic nitrogens is 1. The van der Waals surface area contributed by atoms with Gasteiger partial charge in [-0.1, -0.05) is 29.3 Å². The largest absolute Gasteiger partial charge is 0.375 e. The lowest BCUT2D eigenvalue weighted by Crippen LogP contribution is -2.36. The summed E-state index contributed by atoms with van der Waals surface area (Å²) in [6, 6.07) is 7.73. The van der Waals surface area contributed by atoms with Crippen LogP contribution in [0.2, 0.25) is 10.0 Å². The molecule has 0 bridgehead atoms. The Balaban J connectivity index is 2.01. The number of rotatable bonds is 3. The monoisotopic (exact) mass is 336 g/mol. The van der Waals surface area contributed by atoms with Gasteiger partial charge in [0, 0.05) is 16.8 Å². The second kappa shape index (κ2) is 5.35. The van der Waals surface area contributed by atoms with Crippen molar-refractivity contribution in [1.29, 1.82) is 0 Å². The zero-order valence-corrected chi connectivity index (χ0v) is 12.6. The van der Waals surface area contributed by atoms with Gasteiger partial charge in [-0.15, -0.1) is 0 Å². The number of benzene rings is 1. The summed E-state index contributed by atoms with van der Waals surface area (Å²) in [4.78, 5) is 28.3. The highest BCUT2D eigenvalue weighted by molar-refractivity contribution is 6.36. The number of anilines is 1. The standard InChI is InChI=1S/C15H10Cl2N2O3/c16-8-5-9(17)13-11(6-8)19-14(21)15(13,22)7-12(20)10-3-1-2-4-18-10/h1-6,22H,7H2,(H,19,21). The van der Waals surface area contributed by atoms with Crippen molar-refractivity contribution in [2.75, 3.05) is 5.32 Å². The summed E-state index contributed by atoms with van der Waals surface area (Å²) < 4.78 is 0. The van der Waals surface area contributed by atoms with Crippen LogP contribution in [0.25, 0.3) is 0 Å². The predicted molar refractivity (Wildman–Crippen MR) is 82.2 cm³/mol. The summed E-state index contributed by atoms with van der Waals surface area (Å²) in [5, 5.41) is 13.7. The first-order valence-corrected chi connectivity index (χ1v) is 7.15. The van der Waals surface area contributed by atoms with E-state index in [1.807, 2.05) is 0 Å². The fourth-order valence-corrected chi connectivity index (χ4v) is 3.10. The maximum absolute atomic E-state index is 12.3. The number of nitrogens with zero attached hydrogens (tertiary/aromatic N) is 1. The molecule has 3 rings (SSSR count). The molecule has 1 aromatic carbocycles. The van der Waals surface area contributed by atoms with Crippen molar-refractivity contribution in [2.24, 2.45) is 0 Å². The average Bonchev–Trinajstić information content (AvgIpc) is 2.70. The van der Waals surface area contributed by atoms with Crippen molar-refractivity contribution in [3.05, 3.63) is 57.8 Å². The van der Waals surface area contributed by atoms with E-state index in [-0.39, 0.29) is 16.3 Å². The first kappa shape index (κ1) is 15.0. The van der Waals surface area contributed by atoms with Crippen LogP contribution in [-0.4, -0.2) is 21.8 Å². The second-order valence-electron chi connectivity index (χ2n) is 4.94. The molecular formula is C15H10Cl2N2O3. The summed E-state index contributed by atoms with van der Waals surface area (Å²) >= 11 is 12.0. The molecule has 1 atom stereocenters. The van der Waals surface area contributed by atoms with Crippen LogP contribution in [0.15, 0.2) is 36.5 Å². The van der Waals surface area contributed by atoms with Gasteiger partial charge in [0.15, 0.2) is 11.4 Å². The van der Waals surface area contributed by atoms with Gasteiger partial charge in [-0.25, -0.2) is 0 Å². The Morgan fingerprint density at radius 3 is 2.77 bits per heavy atom. The molecule has 0 aliphatic carbocycles. The molecule has 1 aliphatic rings. The Bertz CT molecular complexity index is 780. The van der Waals surface area contributed by atoms with Crippen molar-refractivity contribution >= 4 is 40.6 Å². The Morgan fingerprint density at radius 1 is 1.32 bits per heavy atom. The maximum Gasteiger partial charge on any atom is 0.261 e. The lowest BCUT2D eigenvalue weighted by molar-refractivity contribution is -0.133. The number of hydrogen-bond donors (Lipinski definition) is 2. The molecule has 1 amide bonds. The van der Waals surface area contributed by atoms with Gasteiger partial charge < -0.3 is 10.4 Å². The fourth-order valence-electron chi connectivity index (χ4n) is 2.45. The summed E-state index contributed by atoms with van der Waals surface area (Å²) in [6.45, 7) is 0. The molecule has 7 heteroatoms. The molecule has 0 spiro atoms. The van der Waals surface area contributed by atoms with Crippen LogP contribution < -0.4 is 5.32 Å². The van der Waals surface area contributed by atoms with E-state index in [4.69, 9.17) is 23.2 Å². The van der Waals surface area contributed by atoms with Crippen molar-refractivity contribution in [2.45, 2.75) is 12.0 Å². The van der Waals surface area contributed by atoms with Crippen LogP contribution in [0.4, 0.5) is 5.69 Å². The van der Waals surface area contributed by atoms with Crippen molar-refractivity contribution in [1.82, 2.24) is 4.98 Å². The molecule has 112 valence electrons. The Hall–Kier alpha value is -1.95. The maximum atomic E-state index is 12.3. The summed E-state index contributed by atoms with van der Waals surface area (Å²) in [7, 11) is 0. The van der Waals surface area contributed by atoms with E-state index in [1.165, 1.54) is 24.4 Å². The number of fused-ring (bicyclic) bond motifs is 1. The number of hydrogen-bond acceptors (Lipinski definition) is 4. The molecule has 2 heterocycles. The van der Waals surface area contributed by atoms with Crippen molar-refractivity contribution in [3.63, 3.8) is 0 Å². The summed E-state index contributed by atoms with van der Waals surface area (Å²) in [5.74, 6) is -1.17. The average molecular weight is 337 g/mol. The normalized spacial score (nSPS) is 19.7. The van der Waals surface area contributed by atoms with Crippen LogP contribution in [0.5, 0.6) is 0 Å². The highest BCUT2D eigenvalue weighted by Crippen LogP contribution is 2.44. The van der Waals surface area contributed by atoms with Gasteiger partial charge in [-0.3, -0.25) is 14.6 Å². The second-order valence-corrected chi connectivity index (χ2v) is 5.78. The number of Topliss-reactive ketones (excluding diaryl/α,β-unsaturated/α-hetero) is 1. The van der Waals surface area contributed by atoms with Gasteiger partial charge in [0.2, 0.25) is 0 Å². The molecule has 1 aliphatic heterocycles. The Morgan fingerprint density at radius 2 is 2.09 bits per heavy atom. The smallest absolute Gasteiger partial charge is 0.261 e.